The van der Waals surface area contributed by atoms with Crippen molar-refractivity contribution in [2.75, 3.05) is 13.7 Å². The quantitative estimate of drug-likeness (QED) is 0.806. The topological polar surface area (TPSA) is 89.7 Å². The highest BCUT2D eigenvalue weighted by Gasteiger charge is 2.35. The summed E-state index contributed by atoms with van der Waals surface area (Å²) in [5.41, 5.74) is 5.61. The molecule has 1 aromatic rings. The maximum Gasteiger partial charge on any atom is 0.340 e. The number of sulfonamides is 1. The second kappa shape index (κ2) is 8.24. The molecule has 2 N–H and O–H groups in total. The first kappa shape index (κ1) is 20.8. The van der Waals surface area contributed by atoms with Crippen LogP contribution in [0.4, 0.5) is 4.39 Å². The maximum absolute atomic E-state index is 14.0. The lowest BCUT2D eigenvalue weighted by atomic mass is 10.00. The highest BCUT2D eigenvalue weighted by molar-refractivity contribution is 7.89. The Kier molecular flexibility index (Phi) is 7.15. The van der Waals surface area contributed by atoms with E-state index in [2.05, 4.69) is 4.74 Å². The van der Waals surface area contributed by atoms with E-state index in [1.54, 1.807) is 6.92 Å². The van der Waals surface area contributed by atoms with Crippen molar-refractivity contribution in [1.82, 2.24) is 4.31 Å². The Morgan fingerprint density at radius 1 is 1.42 bits per heavy atom. The summed E-state index contributed by atoms with van der Waals surface area (Å²) >= 11 is 0. The lowest BCUT2D eigenvalue weighted by Gasteiger charge is -2.36. The first-order valence-corrected chi connectivity index (χ1v) is 8.88. The first-order chi connectivity index (χ1) is 10.8. The third-order valence-electron chi connectivity index (χ3n) is 4.06. The van der Waals surface area contributed by atoms with E-state index in [1.165, 1.54) is 10.4 Å². The van der Waals surface area contributed by atoms with Gasteiger partial charge in [0.1, 0.15) is 5.82 Å². The summed E-state index contributed by atoms with van der Waals surface area (Å²) in [6.07, 6.45) is 2.33. The third kappa shape index (κ3) is 4.05. The van der Waals surface area contributed by atoms with E-state index in [0.29, 0.717) is 13.0 Å². The Hall–Kier alpha value is -1.22. The molecule has 1 aromatic carbocycles. The minimum atomic E-state index is -3.87. The number of halogens is 2. The fraction of sp³-hybridized carbons (Fsp3) is 0.533. The van der Waals surface area contributed by atoms with Gasteiger partial charge in [0.25, 0.3) is 0 Å². The number of hydrogen-bond acceptors (Lipinski definition) is 5. The van der Waals surface area contributed by atoms with Crippen LogP contribution in [0.1, 0.15) is 36.5 Å². The van der Waals surface area contributed by atoms with Crippen LogP contribution in [0.2, 0.25) is 0 Å². The minimum absolute atomic E-state index is 0. The van der Waals surface area contributed by atoms with E-state index < -0.39 is 21.8 Å². The van der Waals surface area contributed by atoms with Crippen LogP contribution in [-0.4, -0.2) is 44.4 Å². The van der Waals surface area contributed by atoms with Crippen LogP contribution in [0.15, 0.2) is 23.1 Å². The molecule has 2 atom stereocenters. The second-order valence-corrected chi connectivity index (χ2v) is 7.56. The van der Waals surface area contributed by atoms with Gasteiger partial charge >= 0.3 is 5.97 Å². The standard InChI is InChI=1S/C15H21FN2O4S.ClH/c1-10(17)14-5-3-4-8-18(14)23(20,21)11-6-7-12(13(16)9-11)15(19)22-2;/h6-7,9-10,14H,3-5,8,17H2,1-2H3;1H. The smallest absolute Gasteiger partial charge is 0.340 e. The highest BCUT2D eigenvalue weighted by atomic mass is 35.5. The average Bonchev–Trinajstić information content (AvgIpc) is 2.53. The van der Waals surface area contributed by atoms with Gasteiger partial charge in [-0.2, -0.15) is 4.31 Å². The molecule has 0 spiro atoms. The molecule has 2 rings (SSSR count). The molecule has 1 heterocycles. The van der Waals surface area contributed by atoms with E-state index in [0.717, 1.165) is 32.1 Å². The SMILES string of the molecule is COC(=O)c1ccc(S(=O)(=O)N2CCCCC2C(C)N)cc1F.Cl. The maximum atomic E-state index is 14.0. The van der Waals surface area contributed by atoms with Crippen LogP contribution in [0.5, 0.6) is 0 Å². The lowest BCUT2D eigenvalue weighted by Crippen LogP contribution is -2.51. The number of piperidine rings is 1. The summed E-state index contributed by atoms with van der Waals surface area (Å²) in [5.74, 6) is -1.77. The van der Waals surface area contributed by atoms with Gasteiger partial charge in [0, 0.05) is 18.6 Å². The summed E-state index contributed by atoms with van der Waals surface area (Å²) in [5, 5.41) is 0. The molecule has 2 unspecified atom stereocenters. The second-order valence-electron chi connectivity index (χ2n) is 5.67. The van der Waals surface area contributed by atoms with Gasteiger partial charge in [-0.05, 0) is 38.0 Å². The minimum Gasteiger partial charge on any atom is -0.465 e. The lowest BCUT2D eigenvalue weighted by molar-refractivity contribution is 0.0595. The molecular formula is C15H22ClFN2O4S. The van der Waals surface area contributed by atoms with Crippen molar-refractivity contribution in [1.29, 1.82) is 0 Å². The van der Waals surface area contributed by atoms with Gasteiger partial charge in [0.2, 0.25) is 10.0 Å². The molecule has 1 aliphatic rings. The summed E-state index contributed by atoms with van der Waals surface area (Å²) < 4.78 is 45.4. The number of methoxy groups -OCH3 is 1. The van der Waals surface area contributed by atoms with E-state index >= 15 is 0 Å². The summed E-state index contributed by atoms with van der Waals surface area (Å²) in [6.45, 7) is 2.12. The number of carbonyl (C=O) groups excluding carboxylic acids is 1. The fourth-order valence-electron chi connectivity index (χ4n) is 2.82. The molecule has 1 fully saturated rings. The van der Waals surface area contributed by atoms with Gasteiger partial charge in [0.15, 0.2) is 0 Å². The Morgan fingerprint density at radius 3 is 2.62 bits per heavy atom. The average molecular weight is 381 g/mol. The predicted octanol–water partition coefficient (Wildman–Crippen LogP) is 1.92. The van der Waals surface area contributed by atoms with Gasteiger partial charge < -0.3 is 10.5 Å². The molecule has 136 valence electrons. The van der Waals surface area contributed by atoms with Crippen LogP contribution in [0, 0.1) is 5.82 Å². The van der Waals surface area contributed by atoms with Gasteiger partial charge in [-0.25, -0.2) is 17.6 Å². The molecule has 0 aromatic heterocycles. The van der Waals surface area contributed by atoms with Crippen molar-refractivity contribution >= 4 is 28.4 Å². The van der Waals surface area contributed by atoms with Gasteiger partial charge in [-0.15, -0.1) is 12.4 Å². The molecule has 0 saturated carbocycles. The van der Waals surface area contributed by atoms with Crippen LogP contribution >= 0.6 is 12.4 Å². The van der Waals surface area contributed by atoms with Crippen LogP contribution < -0.4 is 5.73 Å². The van der Waals surface area contributed by atoms with Crippen molar-refractivity contribution < 1.29 is 22.3 Å². The molecule has 6 nitrogen and oxygen atoms in total. The highest BCUT2D eigenvalue weighted by Crippen LogP contribution is 2.27. The number of carbonyl (C=O) groups is 1. The van der Waals surface area contributed by atoms with Crippen LogP contribution in [-0.2, 0) is 14.8 Å². The molecular weight excluding hydrogens is 359 g/mol. The van der Waals surface area contributed by atoms with Crippen LogP contribution in [0.3, 0.4) is 0 Å². The number of ether oxygens (including phenoxy) is 1. The van der Waals surface area contributed by atoms with E-state index in [9.17, 15) is 17.6 Å². The Morgan fingerprint density at radius 2 is 2.08 bits per heavy atom. The van der Waals surface area contributed by atoms with Crippen molar-refractivity contribution in [3.8, 4) is 0 Å². The van der Waals surface area contributed by atoms with E-state index in [1.807, 2.05) is 0 Å². The largest absolute Gasteiger partial charge is 0.465 e. The third-order valence-corrected chi connectivity index (χ3v) is 5.98. The van der Waals surface area contributed by atoms with Gasteiger partial charge in [0.05, 0.1) is 17.6 Å². The number of nitrogens with two attached hydrogens (primary N) is 1. The molecule has 0 radical (unpaired) electrons. The monoisotopic (exact) mass is 380 g/mol. The molecule has 1 aliphatic heterocycles. The zero-order valence-electron chi connectivity index (χ0n) is 13.6. The van der Waals surface area contributed by atoms with Crippen molar-refractivity contribution in [2.24, 2.45) is 5.73 Å². The number of hydrogen-bond donors (Lipinski definition) is 1. The van der Waals surface area contributed by atoms with Crippen molar-refractivity contribution in [3.63, 3.8) is 0 Å². The summed E-state index contributed by atoms with van der Waals surface area (Å²) in [6, 6.07) is 2.58. The summed E-state index contributed by atoms with van der Waals surface area (Å²) in [4.78, 5) is 11.2. The zero-order chi connectivity index (χ0) is 17.2. The molecule has 0 bridgehead atoms. The Balaban J connectivity index is 0.00000288. The van der Waals surface area contributed by atoms with E-state index in [4.69, 9.17) is 5.73 Å². The number of benzene rings is 1. The molecule has 24 heavy (non-hydrogen) atoms. The molecule has 1 saturated heterocycles. The van der Waals surface area contributed by atoms with E-state index in [-0.39, 0.29) is 34.9 Å². The summed E-state index contributed by atoms with van der Waals surface area (Å²) in [7, 11) is -2.73. The van der Waals surface area contributed by atoms with Gasteiger partial charge in [-0.3, -0.25) is 0 Å². The zero-order valence-corrected chi connectivity index (χ0v) is 15.2. The first-order valence-electron chi connectivity index (χ1n) is 7.44. The Bertz CT molecular complexity index is 697. The number of nitrogens with zero attached hydrogens (tertiary/aromatic N) is 1. The molecule has 9 heteroatoms. The fourth-order valence-corrected chi connectivity index (χ4v) is 4.61. The normalized spacial score (nSPS) is 20.1. The number of esters is 1. The van der Waals surface area contributed by atoms with Gasteiger partial charge in [-0.1, -0.05) is 6.42 Å². The number of rotatable bonds is 4. The van der Waals surface area contributed by atoms with Crippen LogP contribution in [0.25, 0.3) is 0 Å². The molecule has 0 amide bonds. The predicted molar refractivity (Wildman–Crippen MR) is 90.2 cm³/mol. The molecule has 0 aliphatic carbocycles. The Labute approximate surface area is 147 Å². The van der Waals surface area contributed by atoms with Crippen molar-refractivity contribution in [2.45, 2.75) is 43.2 Å². The van der Waals surface area contributed by atoms with Crippen molar-refractivity contribution in [3.05, 3.63) is 29.6 Å².